The lowest BCUT2D eigenvalue weighted by Crippen LogP contribution is -1.99. The highest BCUT2D eigenvalue weighted by Crippen LogP contribution is 2.33. The first kappa shape index (κ1) is 13.6. The lowest BCUT2D eigenvalue weighted by molar-refractivity contribution is 0.835. The Kier molecular flexibility index (Phi) is 3.89. The molecule has 0 aliphatic rings. The smallest absolute Gasteiger partial charge is 0.131 e. The van der Waals surface area contributed by atoms with E-state index in [-0.39, 0.29) is 0 Å². The van der Waals surface area contributed by atoms with Gasteiger partial charge >= 0.3 is 0 Å². The van der Waals surface area contributed by atoms with Gasteiger partial charge in [0.25, 0.3) is 0 Å². The third-order valence-corrected chi connectivity index (χ3v) is 3.49. The van der Waals surface area contributed by atoms with E-state index >= 15 is 0 Å². The zero-order valence-electron chi connectivity index (χ0n) is 12.1. The molecule has 0 aliphatic heterocycles. The zero-order chi connectivity index (χ0) is 14.0. The van der Waals surface area contributed by atoms with Crippen LogP contribution in [-0.4, -0.2) is 4.98 Å². The predicted octanol–water partition coefficient (Wildman–Crippen LogP) is 4.58. The summed E-state index contributed by atoms with van der Waals surface area (Å²) in [6.07, 6.45) is 1.73. The fraction of sp³-hybridized carbons (Fsp3) is 0.353. The number of anilines is 1. The third kappa shape index (κ3) is 2.78. The summed E-state index contributed by atoms with van der Waals surface area (Å²) in [7, 11) is 0. The van der Waals surface area contributed by atoms with Crippen molar-refractivity contribution >= 4 is 5.82 Å². The van der Waals surface area contributed by atoms with Crippen LogP contribution in [0.5, 0.6) is 0 Å². The van der Waals surface area contributed by atoms with Gasteiger partial charge in [-0.1, -0.05) is 45.9 Å². The van der Waals surface area contributed by atoms with Crippen LogP contribution in [-0.2, 0) is 0 Å². The molecule has 0 atom stereocenters. The van der Waals surface area contributed by atoms with Crippen molar-refractivity contribution in [2.75, 3.05) is 5.73 Å². The van der Waals surface area contributed by atoms with Crippen LogP contribution in [0.4, 0.5) is 5.82 Å². The van der Waals surface area contributed by atoms with E-state index in [0.29, 0.717) is 17.7 Å². The number of pyridine rings is 1. The Labute approximate surface area is 115 Å². The Morgan fingerprint density at radius 2 is 1.68 bits per heavy atom. The van der Waals surface area contributed by atoms with E-state index in [0.717, 1.165) is 5.56 Å². The Morgan fingerprint density at radius 3 is 2.26 bits per heavy atom. The fourth-order valence-electron chi connectivity index (χ4n) is 2.31. The monoisotopic (exact) mass is 254 g/mol. The maximum absolute atomic E-state index is 6.01. The van der Waals surface area contributed by atoms with E-state index in [1.54, 1.807) is 6.20 Å². The quantitative estimate of drug-likeness (QED) is 0.870. The van der Waals surface area contributed by atoms with Crippen LogP contribution in [0.1, 0.15) is 50.7 Å². The molecule has 2 nitrogen and oxygen atoms in total. The van der Waals surface area contributed by atoms with Crippen molar-refractivity contribution in [3.8, 4) is 11.1 Å². The van der Waals surface area contributed by atoms with Gasteiger partial charge in [0.05, 0.1) is 0 Å². The van der Waals surface area contributed by atoms with Crippen molar-refractivity contribution in [2.45, 2.75) is 39.5 Å². The van der Waals surface area contributed by atoms with E-state index in [1.165, 1.54) is 16.7 Å². The third-order valence-electron chi connectivity index (χ3n) is 3.49. The fourth-order valence-corrected chi connectivity index (χ4v) is 2.31. The molecule has 0 saturated carbocycles. The Morgan fingerprint density at radius 1 is 0.947 bits per heavy atom. The molecular formula is C17H22N2. The van der Waals surface area contributed by atoms with Crippen LogP contribution in [0.2, 0.25) is 0 Å². The van der Waals surface area contributed by atoms with E-state index in [9.17, 15) is 0 Å². The average molecular weight is 254 g/mol. The van der Waals surface area contributed by atoms with Crippen molar-refractivity contribution in [1.82, 2.24) is 4.98 Å². The van der Waals surface area contributed by atoms with Gasteiger partial charge in [-0.2, -0.15) is 0 Å². The highest BCUT2D eigenvalue weighted by molar-refractivity contribution is 5.76. The number of nitrogens with zero attached hydrogens (tertiary/aromatic N) is 1. The summed E-state index contributed by atoms with van der Waals surface area (Å²) in [5, 5.41) is 0. The number of nitrogens with two attached hydrogens (primary N) is 1. The molecule has 0 fully saturated rings. The molecule has 1 aromatic carbocycles. The lowest BCUT2D eigenvalue weighted by atomic mass is 9.89. The number of hydrogen-bond donors (Lipinski definition) is 1. The standard InChI is InChI=1S/C17H22N2/c1-11(2)13-7-8-14(16(10-13)12(3)4)15-6-5-9-19-17(15)18/h5-12H,1-4H3,(H2,18,19). The maximum Gasteiger partial charge on any atom is 0.131 e. The summed E-state index contributed by atoms with van der Waals surface area (Å²) >= 11 is 0. The highest BCUT2D eigenvalue weighted by Gasteiger charge is 2.13. The molecular weight excluding hydrogens is 232 g/mol. The van der Waals surface area contributed by atoms with Gasteiger partial charge in [-0.25, -0.2) is 4.98 Å². The van der Waals surface area contributed by atoms with Gasteiger partial charge in [0.15, 0.2) is 0 Å². The predicted molar refractivity (Wildman–Crippen MR) is 82.3 cm³/mol. The Hall–Kier alpha value is -1.83. The van der Waals surface area contributed by atoms with Crippen molar-refractivity contribution in [3.63, 3.8) is 0 Å². The van der Waals surface area contributed by atoms with Crippen molar-refractivity contribution in [2.24, 2.45) is 0 Å². The molecule has 1 aromatic heterocycles. The first-order chi connectivity index (χ1) is 9.00. The molecule has 2 rings (SSSR count). The normalized spacial score (nSPS) is 11.3. The molecule has 19 heavy (non-hydrogen) atoms. The lowest BCUT2D eigenvalue weighted by Gasteiger charge is -2.17. The number of nitrogen functional groups attached to an aromatic ring is 1. The summed E-state index contributed by atoms with van der Waals surface area (Å²) in [6.45, 7) is 8.88. The van der Waals surface area contributed by atoms with E-state index in [1.807, 2.05) is 12.1 Å². The second kappa shape index (κ2) is 5.43. The molecule has 2 heteroatoms. The van der Waals surface area contributed by atoms with Crippen LogP contribution in [0.3, 0.4) is 0 Å². The van der Waals surface area contributed by atoms with Crippen LogP contribution in [0.25, 0.3) is 11.1 Å². The summed E-state index contributed by atoms with van der Waals surface area (Å²) in [5.41, 5.74) is 10.9. The number of aromatic nitrogens is 1. The highest BCUT2D eigenvalue weighted by atomic mass is 14.8. The Balaban J connectivity index is 2.61. The first-order valence-electron chi connectivity index (χ1n) is 6.85. The zero-order valence-corrected chi connectivity index (χ0v) is 12.1. The maximum atomic E-state index is 6.01. The van der Waals surface area contributed by atoms with Crippen molar-refractivity contribution in [1.29, 1.82) is 0 Å². The molecule has 1 heterocycles. The number of hydrogen-bond acceptors (Lipinski definition) is 2. The molecule has 0 unspecified atom stereocenters. The van der Waals surface area contributed by atoms with Gasteiger partial charge < -0.3 is 5.73 Å². The molecule has 0 radical (unpaired) electrons. The average Bonchev–Trinajstić information content (AvgIpc) is 2.38. The molecule has 0 bridgehead atoms. The van der Waals surface area contributed by atoms with Gasteiger partial charge in [0.1, 0.15) is 5.82 Å². The van der Waals surface area contributed by atoms with Crippen molar-refractivity contribution < 1.29 is 0 Å². The van der Waals surface area contributed by atoms with Gasteiger partial charge in [-0.05, 0) is 40.7 Å². The summed E-state index contributed by atoms with van der Waals surface area (Å²) in [4.78, 5) is 4.19. The largest absolute Gasteiger partial charge is 0.383 e. The minimum Gasteiger partial charge on any atom is -0.383 e. The van der Waals surface area contributed by atoms with E-state index in [4.69, 9.17) is 5.73 Å². The first-order valence-corrected chi connectivity index (χ1v) is 6.85. The minimum absolute atomic E-state index is 0.466. The molecule has 0 amide bonds. The summed E-state index contributed by atoms with van der Waals surface area (Å²) in [6, 6.07) is 10.7. The topological polar surface area (TPSA) is 38.9 Å². The summed E-state index contributed by atoms with van der Waals surface area (Å²) in [5.74, 6) is 1.60. The second-order valence-corrected chi connectivity index (χ2v) is 5.59. The van der Waals surface area contributed by atoms with Crippen LogP contribution >= 0.6 is 0 Å². The van der Waals surface area contributed by atoms with Gasteiger partial charge in [-0.3, -0.25) is 0 Å². The van der Waals surface area contributed by atoms with Crippen molar-refractivity contribution in [3.05, 3.63) is 47.7 Å². The van der Waals surface area contributed by atoms with Crippen LogP contribution < -0.4 is 5.73 Å². The molecule has 2 N–H and O–H groups in total. The Bertz CT molecular complexity index is 571. The van der Waals surface area contributed by atoms with Gasteiger partial charge in [-0.15, -0.1) is 0 Å². The molecule has 0 aliphatic carbocycles. The molecule has 100 valence electrons. The van der Waals surface area contributed by atoms with E-state index < -0.39 is 0 Å². The number of benzene rings is 1. The number of rotatable bonds is 3. The molecule has 0 spiro atoms. The molecule has 0 saturated heterocycles. The van der Waals surface area contributed by atoms with Crippen LogP contribution in [0.15, 0.2) is 36.5 Å². The van der Waals surface area contributed by atoms with Gasteiger partial charge in [0.2, 0.25) is 0 Å². The van der Waals surface area contributed by atoms with Gasteiger partial charge in [0, 0.05) is 11.8 Å². The minimum atomic E-state index is 0.466. The van der Waals surface area contributed by atoms with E-state index in [2.05, 4.69) is 50.9 Å². The summed E-state index contributed by atoms with van der Waals surface area (Å²) < 4.78 is 0. The van der Waals surface area contributed by atoms with Crippen LogP contribution in [0, 0.1) is 0 Å². The SMILES string of the molecule is CC(C)c1ccc(-c2cccnc2N)c(C(C)C)c1. The second-order valence-electron chi connectivity index (χ2n) is 5.59. The molecule has 2 aromatic rings.